The number of rotatable bonds is 6. The first kappa shape index (κ1) is 21.5. The minimum atomic E-state index is -0.0164. The highest BCUT2D eigenvalue weighted by molar-refractivity contribution is 6.44. The molecule has 3 aliphatic rings. The van der Waals surface area contributed by atoms with Crippen LogP contribution in [0.4, 0.5) is 0 Å². The summed E-state index contributed by atoms with van der Waals surface area (Å²) in [6, 6.07) is 10.00. The second-order valence-corrected chi connectivity index (χ2v) is 9.55. The van der Waals surface area contributed by atoms with Crippen LogP contribution in [0, 0.1) is 5.41 Å². The summed E-state index contributed by atoms with van der Waals surface area (Å²) in [5.74, 6) is 1.45. The monoisotopic (exact) mass is 469 g/mol. The zero-order valence-corrected chi connectivity index (χ0v) is 19.6. The first-order valence-corrected chi connectivity index (χ1v) is 11.9. The Morgan fingerprint density at radius 2 is 2.00 bits per heavy atom. The Labute approximate surface area is 198 Å². The molecule has 1 unspecified atom stereocenters. The summed E-state index contributed by atoms with van der Waals surface area (Å²) < 4.78 is 11.6. The fraction of sp³-hybridized carbons (Fsp3) is 0.385. The lowest BCUT2D eigenvalue weighted by Gasteiger charge is -2.33. The number of hydrogen-bond donors (Lipinski definition) is 0. The van der Waals surface area contributed by atoms with Crippen LogP contribution in [0.25, 0.3) is 5.57 Å². The Balaban J connectivity index is 1.40. The lowest BCUT2D eigenvalue weighted by Crippen LogP contribution is -2.25. The molecule has 0 amide bonds. The molecule has 0 radical (unpaired) electrons. The highest BCUT2D eigenvalue weighted by atomic mass is 35.5. The number of carbonyl (C=O) groups excluding carboxylic acids is 1. The molecule has 1 heterocycles. The Kier molecular flexibility index (Phi) is 5.77. The minimum absolute atomic E-state index is 0.0164. The van der Waals surface area contributed by atoms with Gasteiger partial charge in [0.15, 0.2) is 5.78 Å². The summed E-state index contributed by atoms with van der Waals surface area (Å²) in [7, 11) is 0. The van der Waals surface area contributed by atoms with Crippen LogP contribution in [0.3, 0.4) is 0 Å². The number of ether oxygens (including phenoxy) is 2. The number of hydrogen-bond acceptors (Lipinski definition) is 4. The molecule has 166 valence electrons. The molecule has 2 aromatic rings. The molecular formula is C26H25Cl2NO3. The number of fused-ring (bicyclic) bond motifs is 3. The zero-order chi connectivity index (χ0) is 22.3. The Morgan fingerprint density at radius 1 is 1.19 bits per heavy atom. The summed E-state index contributed by atoms with van der Waals surface area (Å²) >= 11 is 13.4. The van der Waals surface area contributed by atoms with Crippen LogP contribution in [-0.4, -0.2) is 24.8 Å². The maximum absolute atomic E-state index is 12.2. The maximum Gasteiger partial charge on any atom is 0.216 e. The van der Waals surface area contributed by atoms with Crippen molar-refractivity contribution < 1.29 is 14.3 Å². The molecule has 32 heavy (non-hydrogen) atoms. The first-order valence-electron chi connectivity index (χ1n) is 11.2. The van der Waals surface area contributed by atoms with Gasteiger partial charge in [-0.1, -0.05) is 48.7 Å². The van der Waals surface area contributed by atoms with Gasteiger partial charge in [0.2, 0.25) is 5.90 Å². The van der Waals surface area contributed by atoms with Gasteiger partial charge in [-0.05, 0) is 60.2 Å². The molecular weight excluding hydrogens is 445 g/mol. The van der Waals surface area contributed by atoms with Crippen molar-refractivity contribution in [3.63, 3.8) is 0 Å². The van der Waals surface area contributed by atoms with E-state index in [1.54, 1.807) is 6.08 Å². The van der Waals surface area contributed by atoms with E-state index >= 15 is 0 Å². The van der Waals surface area contributed by atoms with Crippen LogP contribution >= 0.6 is 23.2 Å². The summed E-state index contributed by atoms with van der Waals surface area (Å²) in [6.45, 7) is 3.92. The standard InChI is InChI=1S/C26H25Cl2NO3/c1-2-8-26-9-7-19(30)13-20(26)22-18(14-26)12-21(23(27)24(22)28)32-15-16-3-5-17(6-4-16)25-29-10-11-31-25/h3-6,12-13H,2,7-11,14-15H2,1H3. The minimum Gasteiger partial charge on any atom is -0.487 e. The van der Waals surface area contributed by atoms with Crippen molar-refractivity contribution in [3.05, 3.63) is 68.7 Å². The number of aliphatic imine (C=N–C) groups is 1. The summed E-state index contributed by atoms with van der Waals surface area (Å²) in [6.07, 6.45) is 6.23. The van der Waals surface area contributed by atoms with Gasteiger partial charge < -0.3 is 9.47 Å². The van der Waals surface area contributed by atoms with Gasteiger partial charge >= 0.3 is 0 Å². The van der Waals surface area contributed by atoms with Crippen molar-refractivity contribution in [1.29, 1.82) is 0 Å². The quantitative estimate of drug-likeness (QED) is 0.488. The molecule has 0 fully saturated rings. The molecule has 1 aliphatic heterocycles. The molecule has 0 saturated heterocycles. The number of nitrogens with zero attached hydrogens (tertiary/aromatic N) is 1. The van der Waals surface area contributed by atoms with Gasteiger partial charge in [-0.25, -0.2) is 4.99 Å². The van der Waals surface area contributed by atoms with Crippen molar-refractivity contribution in [3.8, 4) is 5.75 Å². The van der Waals surface area contributed by atoms with Crippen LogP contribution in [0.15, 0.2) is 41.4 Å². The first-order chi connectivity index (χ1) is 15.5. The highest BCUT2D eigenvalue weighted by Gasteiger charge is 2.45. The topological polar surface area (TPSA) is 47.9 Å². The van der Waals surface area contributed by atoms with E-state index in [1.807, 2.05) is 30.3 Å². The Bertz CT molecular complexity index is 1140. The van der Waals surface area contributed by atoms with Crippen molar-refractivity contribution in [1.82, 2.24) is 0 Å². The average Bonchev–Trinajstić information content (AvgIpc) is 3.43. The van der Waals surface area contributed by atoms with Crippen molar-refractivity contribution in [2.75, 3.05) is 13.2 Å². The Hall–Kier alpha value is -2.30. The van der Waals surface area contributed by atoms with Crippen molar-refractivity contribution in [2.45, 2.75) is 45.6 Å². The fourth-order valence-electron chi connectivity index (χ4n) is 5.20. The molecule has 2 aromatic carbocycles. The summed E-state index contributed by atoms with van der Waals surface area (Å²) in [5.41, 5.74) is 5.10. The van der Waals surface area contributed by atoms with E-state index in [2.05, 4.69) is 11.9 Å². The smallest absolute Gasteiger partial charge is 0.216 e. The van der Waals surface area contributed by atoms with E-state index in [0.717, 1.165) is 53.5 Å². The predicted octanol–water partition coefficient (Wildman–Crippen LogP) is 6.44. The third-order valence-corrected chi connectivity index (χ3v) is 7.54. The van der Waals surface area contributed by atoms with Crippen LogP contribution in [0.1, 0.15) is 54.9 Å². The van der Waals surface area contributed by atoms with Crippen LogP contribution < -0.4 is 4.74 Å². The molecule has 5 rings (SSSR count). The Morgan fingerprint density at radius 3 is 2.72 bits per heavy atom. The van der Waals surface area contributed by atoms with Gasteiger partial charge in [0.1, 0.15) is 24.0 Å². The molecule has 0 spiro atoms. The average molecular weight is 470 g/mol. The second-order valence-electron chi connectivity index (χ2n) is 8.79. The highest BCUT2D eigenvalue weighted by Crippen LogP contribution is 2.58. The number of halogens is 2. The van der Waals surface area contributed by atoms with Gasteiger partial charge in [0.05, 0.1) is 11.6 Å². The van der Waals surface area contributed by atoms with Crippen LogP contribution in [0.5, 0.6) is 5.75 Å². The molecule has 1 atom stereocenters. The van der Waals surface area contributed by atoms with Gasteiger partial charge in [-0.3, -0.25) is 4.79 Å². The lowest BCUT2D eigenvalue weighted by atomic mass is 9.70. The summed E-state index contributed by atoms with van der Waals surface area (Å²) in [4.78, 5) is 16.5. The number of allylic oxidation sites excluding steroid dienone is 2. The molecule has 2 aliphatic carbocycles. The van der Waals surface area contributed by atoms with Crippen LogP contribution in [0.2, 0.25) is 10.0 Å². The zero-order valence-electron chi connectivity index (χ0n) is 18.0. The maximum atomic E-state index is 12.2. The van der Waals surface area contributed by atoms with Gasteiger partial charge in [0, 0.05) is 23.0 Å². The van der Waals surface area contributed by atoms with E-state index < -0.39 is 0 Å². The molecule has 0 saturated carbocycles. The lowest BCUT2D eigenvalue weighted by molar-refractivity contribution is -0.115. The van der Waals surface area contributed by atoms with E-state index in [-0.39, 0.29) is 11.2 Å². The fourth-order valence-corrected chi connectivity index (χ4v) is 5.72. The number of benzene rings is 2. The van der Waals surface area contributed by atoms with Gasteiger partial charge in [0.25, 0.3) is 0 Å². The van der Waals surface area contributed by atoms with E-state index in [9.17, 15) is 4.79 Å². The SMILES string of the molecule is CCCC12CCC(=O)C=C1c1c(cc(OCc3ccc(C4=NCCO4)cc3)c(Cl)c1Cl)C2. The third kappa shape index (κ3) is 3.74. The molecule has 0 N–H and O–H groups in total. The number of carbonyl (C=O) groups is 1. The van der Waals surface area contributed by atoms with Crippen molar-refractivity contribution >= 4 is 40.5 Å². The van der Waals surface area contributed by atoms with Gasteiger partial charge in [-0.2, -0.15) is 0 Å². The molecule has 0 aromatic heterocycles. The number of ketones is 1. The normalized spacial score (nSPS) is 21.5. The molecule has 6 heteroatoms. The van der Waals surface area contributed by atoms with E-state index in [0.29, 0.717) is 47.9 Å². The predicted molar refractivity (Wildman–Crippen MR) is 128 cm³/mol. The summed E-state index contributed by atoms with van der Waals surface area (Å²) in [5, 5.41) is 0.895. The van der Waals surface area contributed by atoms with Crippen LogP contribution in [-0.2, 0) is 22.6 Å². The third-order valence-electron chi connectivity index (χ3n) is 6.69. The second kappa shape index (κ2) is 8.57. The van der Waals surface area contributed by atoms with Crippen molar-refractivity contribution in [2.24, 2.45) is 10.4 Å². The largest absolute Gasteiger partial charge is 0.487 e. The van der Waals surface area contributed by atoms with E-state index in [4.69, 9.17) is 32.7 Å². The molecule has 4 nitrogen and oxygen atoms in total. The molecule has 0 bridgehead atoms. The van der Waals surface area contributed by atoms with E-state index in [1.165, 1.54) is 0 Å². The van der Waals surface area contributed by atoms with Gasteiger partial charge in [-0.15, -0.1) is 0 Å².